The van der Waals surface area contributed by atoms with Gasteiger partial charge in [0, 0.05) is 0 Å². The van der Waals surface area contributed by atoms with E-state index >= 15 is 0 Å². The van der Waals surface area contributed by atoms with Crippen LogP contribution in [0.4, 0.5) is 0 Å². The van der Waals surface area contributed by atoms with E-state index in [9.17, 15) is 4.79 Å². The first kappa shape index (κ1) is 16.8. The molecule has 0 saturated heterocycles. The van der Waals surface area contributed by atoms with Crippen molar-refractivity contribution < 1.29 is 9.53 Å². The fourth-order valence-electron chi connectivity index (χ4n) is 1.52. The minimum absolute atomic E-state index is 0.243. The molecule has 2 N–H and O–H groups in total. The minimum Gasteiger partial charge on any atom is -0.465 e. The van der Waals surface area contributed by atoms with Crippen LogP contribution in [0.1, 0.15) is 51.9 Å². The van der Waals surface area contributed by atoms with Crippen LogP contribution < -0.4 is 5.73 Å². The quantitative estimate of drug-likeness (QED) is 0.459. The molecule has 17 heavy (non-hydrogen) atoms. The first-order chi connectivity index (χ1) is 8.22. The van der Waals surface area contributed by atoms with Gasteiger partial charge in [-0.2, -0.15) is 11.8 Å². The molecule has 3 nitrogen and oxygen atoms in total. The number of unbranched alkanes of at least 4 members (excludes halogenated alkanes) is 5. The highest BCUT2D eigenvalue weighted by Gasteiger charge is 2.13. The van der Waals surface area contributed by atoms with E-state index in [0.717, 1.165) is 18.6 Å². The van der Waals surface area contributed by atoms with Gasteiger partial charge in [0.05, 0.1) is 6.61 Å². The van der Waals surface area contributed by atoms with Gasteiger partial charge in [-0.1, -0.05) is 39.0 Å². The average molecular weight is 261 g/mol. The Morgan fingerprint density at radius 2 is 1.88 bits per heavy atom. The third kappa shape index (κ3) is 10.6. The van der Waals surface area contributed by atoms with Crippen LogP contribution in [0, 0.1) is 0 Å². The maximum atomic E-state index is 11.4. The van der Waals surface area contributed by atoms with Gasteiger partial charge in [-0.15, -0.1) is 0 Å². The third-order valence-corrected chi connectivity index (χ3v) is 3.32. The predicted octanol–water partition coefficient (Wildman–Crippen LogP) is 2.97. The molecule has 0 aliphatic carbocycles. The number of nitrogens with two attached hydrogens (primary N) is 1. The van der Waals surface area contributed by atoms with Crippen molar-refractivity contribution in [2.45, 2.75) is 57.9 Å². The van der Waals surface area contributed by atoms with Crippen molar-refractivity contribution >= 4 is 17.7 Å². The van der Waals surface area contributed by atoms with Crippen LogP contribution in [0.2, 0.25) is 0 Å². The third-order valence-electron chi connectivity index (χ3n) is 2.68. The molecule has 0 aromatic rings. The first-order valence-electron chi connectivity index (χ1n) is 6.63. The topological polar surface area (TPSA) is 52.3 Å². The smallest absolute Gasteiger partial charge is 0.322 e. The fraction of sp³-hybridized carbons (Fsp3) is 0.923. The second-order valence-corrected chi connectivity index (χ2v) is 5.31. The number of carbonyl (C=O) groups excluding carboxylic acids is 1. The van der Waals surface area contributed by atoms with Gasteiger partial charge in [-0.25, -0.2) is 0 Å². The molecule has 0 aromatic carbocycles. The van der Waals surface area contributed by atoms with Crippen LogP contribution in [0.3, 0.4) is 0 Å². The molecule has 0 saturated carbocycles. The van der Waals surface area contributed by atoms with Gasteiger partial charge in [0.1, 0.15) is 6.04 Å². The highest BCUT2D eigenvalue weighted by molar-refractivity contribution is 7.98. The Morgan fingerprint density at radius 3 is 2.53 bits per heavy atom. The van der Waals surface area contributed by atoms with Gasteiger partial charge in [0.25, 0.3) is 0 Å². The zero-order valence-electron chi connectivity index (χ0n) is 11.2. The van der Waals surface area contributed by atoms with Crippen molar-refractivity contribution in [1.29, 1.82) is 0 Å². The zero-order valence-corrected chi connectivity index (χ0v) is 12.1. The summed E-state index contributed by atoms with van der Waals surface area (Å²) in [4.78, 5) is 11.4. The molecule has 1 unspecified atom stereocenters. The second kappa shape index (κ2) is 12.2. The van der Waals surface area contributed by atoms with E-state index in [1.165, 1.54) is 25.7 Å². The molecular formula is C13H27NO2S. The largest absolute Gasteiger partial charge is 0.465 e. The Morgan fingerprint density at radius 1 is 1.24 bits per heavy atom. The Balaban J connectivity index is 3.32. The number of carbonyl (C=O) groups is 1. The van der Waals surface area contributed by atoms with Crippen molar-refractivity contribution in [1.82, 2.24) is 0 Å². The van der Waals surface area contributed by atoms with Crippen LogP contribution in [-0.2, 0) is 9.53 Å². The Hall–Kier alpha value is -0.220. The van der Waals surface area contributed by atoms with E-state index in [1.807, 2.05) is 6.26 Å². The second-order valence-electron chi connectivity index (χ2n) is 4.32. The molecule has 102 valence electrons. The Kier molecular flexibility index (Phi) is 12.1. The van der Waals surface area contributed by atoms with Crippen molar-refractivity contribution in [2.75, 3.05) is 18.6 Å². The summed E-state index contributed by atoms with van der Waals surface area (Å²) in [6.45, 7) is 2.73. The SMILES string of the molecule is CCCCCCCCOC(=O)C(N)CCSC. The minimum atomic E-state index is -0.442. The molecule has 0 aliphatic heterocycles. The highest BCUT2D eigenvalue weighted by Crippen LogP contribution is 2.05. The molecule has 0 radical (unpaired) electrons. The van der Waals surface area contributed by atoms with E-state index in [-0.39, 0.29) is 5.97 Å². The summed E-state index contributed by atoms with van der Waals surface area (Å²) >= 11 is 1.70. The van der Waals surface area contributed by atoms with Crippen LogP contribution in [0.15, 0.2) is 0 Å². The van der Waals surface area contributed by atoms with Gasteiger partial charge in [-0.3, -0.25) is 4.79 Å². The molecule has 1 atom stereocenters. The Bertz CT molecular complexity index is 188. The number of ether oxygens (including phenoxy) is 1. The molecule has 0 fully saturated rings. The summed E-state index contributed by atoms with van der Waals surface area (Å²) < 4.78 is 5.13. The lowest BCUT2D eigenvalue weighted by molar-refractivity contribution is -0.145. The highest BCUT2D eigenvalue weighted by atomic mass is 32.2. The predicted molar refractivity (Wildman–Crippen MR) is 75.3 cm³/mol. The normalized spacial score (nSPS) is 12.4. The molecule has 0 heterocycles. The van der Waals surface area contributed by atoms with Crippen LogP contribution in [-0.4, -0.2) is 30.6 Å². The molecule has 0 rings (SSSR count). The maximum Gasteiger partial charge on any atom is 0.322 e. The van der Waals surface area contributed by atoms with Gasteiger partial charge >= 0.3 is 5.97 Å². The van der Waals surface area contributed by atoms with Crippen LogP contribution in [0.5, 0.6) is 0 Å². The average Bonchev–Trinajstić information content (AvgIpc) is 2.34. The van der Waals surface area contributed by atoms with E-state index in [0.29, 0.717) is 13.0 Å². The number of rotatable bonds is 11. The van der Waals surface area contributed by atoms with Crippen LogP contribution >= 0.6 is 11.8 Å². The molecule has 0 bridgehead atoms. The molecule has 0 aliphatic rings. The van der Waals surface area contributed by atoms with E-state index < -0.39 is 6.04 Å². The number of hydrogen-bond donors (Lipinski definition) is 1. The van der Waals surface area contributed by atoms with E-state index in [1.54, 1.807) is 11.8 Å². The van der Waals surface area contributed by atoms with Gasteiger partial charge in [0.15, 0.2) is 0 Å². The number of thioether (sulfide) groups is 1. The van der Waals surface area contributed by atoms with Crippen molar-refractivity contribution in [2.24, 2.45) is 5.73 Å². The summed E-state index contributed by atoms with van der Waals surface area (Å²) in [5.41, 5.74) is 5.70. The summed E-state index contributed by atoms with van der Waals surface area (Å²) in [7, 11) is 0. The summed E-state index contributed by atoms with van der Waals surface area (Å²) in [6, 6.07) is -0.442. The fourth-order valence-corrected chi connectivity index (χ4v) is 2.01. The van der Waals surface area contributed by atoms with Crippen molar-refractivity contribution in [3.63, 3.8) is 0 Å². The zero-order chi connectivity index (χ0) is 12.9. The number of hydrogen-bond acceptors (Lipinski definition) is 4. The van der Waals surface area contributed by atoms with Crippen molar-refractivity contribution in [3.05, 3.63) is 0 Å². The first-order valence-corrected chi connectivity index (χ1v) is 8.03. The van der Waals surface area contributed by atoms with Crippen LogP contribution in [0.25, 0.3) is 0 Å². The lowest BCUT2D eigenvalue weighted by atomic mass is 10.1. The standard InChI is InChI=1S/C13H27NO2S/c1-3-4-5-6-7-8-10-16-13(15)12(14)9-11-17-2/h12H,3-11,14H2,1-2H3. The molecule has 0 aromatic heterocycles. The molecule has 0 spiro atoms. The maximum absolute atomic E-state index is 11.4. The molecule has 0 amide bonds. The van der Waals surface area contributed by atoms with E-state index in [4.69, 9.17) is 10.5 Å². The number of esters is 1. The molecular weight excluding hydrogens is 234 g/mol. The van der Waals surface area contributed by atoms with Crippen molar-refractivity contribution in [3.8, 4) is 0 Å². The lowest BCUT2D eigenvalue weighted by Gasteiger charge is -2.10. The van der Waals surface area contributed by atoms with Gasteiger partial charge in [-0.05, 0) is 24.9 Å². The summed E-state index contributed by atoms with van der Waals surface area (Å²) in [6.07, 6.45) is 9.92. The molecule has 4 heteroatoms. The van der Waals surface area contributed by atoms with E-state index in [2.05, 4.69) is 6.92 Å². The summed E-state index contributed by atoms with van der Waals surface area (Å²) in [5, 5.41) is 0. The summed E-state index contributed by atoms with van der Waals surface area (Å²) in [5.74, 6) is 0.667. The lowest BCUT2D eigenvalue weighted by Crippen LogP contribution is -2.33. The van der Waals surface area contributed by atoms with Gasteiger partial charge in [0.2, 0.25) is 0 Å². The Labute approximate surface area is 110 Å². The monoisotopic (exact) mass is 261 g/mol. The van der Waals surface area contributed by atoms with Gasteiger partial charge < -0.3 is 10.5 Å².